The Balaban J connectivity index is 2.28. The summed E-state index contributed by atoms with van der Waals surface area (Å²) >= 11 is 0. The third-order valence-electron chi connectivity index (χ3n) is 4.08. The summed E-state index contributed by atoms with van der Waals surface area (Å²) < 4.78 is 4.53. The van der Waals surface area contributed by atoms with Crippen LogP contribution in [0.2, 0.25) is 0 Å². The fraction of sp³-hybridized carbons (Fsp3) is 0.353. The van der Waals surface area contributed by atoms with E-state index in [1.165, 1.54) is 11.6 Å². The minimum absolute atomic E-state index is 0.289. The lowest BCUT2D eigenvalue weighted by molar-refractivity contribution is 0.654. The van der Waals surface area contributed by atoms with Crippen molar-refractivity contribution in [1.82, 2.24) is 18.7 Å². The molecule has 1 aromatic carbocycles. The topological polar surface area (TPSA) is 61.8 Å². The number of fused-ring (bicyclic) bond motifs is 1. The van der Waals surface area contributed by atoms with Crippen LogP contribution in [-0.4, -0.2) is 18.7 Å². The van der Waals surface area contributed by atoms with E-state index in [0.717, 1.165) is 22.4 Å². The highest BCUT2D eigenvalue weighted by Gasteiger charge is 2.18. The van der Waals surface area contributed by atoms with Crippen LogP contribution in [0.1, 0.15) is 24.7 Å². The highest BCUT2D eigenvalue weighted by Crippen LogP contribution is 2.15. The van der Waals surface area contributed by atoms with E-state index in [4.69, 9.17) is 0 Å². The van der Waals surface area contributed by atoms with Gasteiger partial charge in [-0.1, -0.05) is 37.3 Å². The molecule has 0 unspecified atom stereocenters. The Hall–Kier alpha value is -2.63. The van der Waals surface area contributed by atoms with E-state index in [0.29, 0.717) is 24.1 Å². The van der Waals surface area contributed by atoms with Crippen molar-refractivity contribution in [2.24, 2.45) is 14.1 Å². The first-order chi connectivity index (χ1) is 11.0. The Morgan fingerprint density at radius 2 is 1.74 bits per heavy atom. The van der Waals surface area contributed by atoms with E-state index in [1.54, 1.807) is 7.05 Å². The fourth-order valence-electron chi connectivity index (χ4n) is 2.87. The summed E-state index contributed by atoms with van der Waals surface area (Å²) in [6.45, 7) is 2.76. The second kappa shape index (κ2) is 5.87. The van der Waals surface area contributed by atoms with Gasteiger partial charge in [-0.05, 0) is 12.0 Å². The van der Waals surface area contributed by atoms with Crippen LogP contribution in [0, 0.1) is 0 Å². The lowest BCUT2D eigenvalue weighted by Gasteiger charge is -2.08. The number of benzene rings is 1. The molecule has 120 valence electrons. The minimum atomic E-state index is -0.352. The predicted octanol–water partition coefficient (Wildman–Crippen LogP) is 1.43. The van der Waals surface area contributed by atoms with Gasteiger partial charge in [-0.2, -0.15) is 0 Å². The zero-order valence-electron chi connectivity index (χ0n) is 13.6. The molecular formula is C17H20N4O2. The van der Waals surface area contributed by atoms with Crippen LogP contribution in [0.15, 0.2) is 39.9 Å². The summed E-state index contributed by atoms with van der Waals surface area (Å²) in [6, 6.07) is 10.0. The average molecular weight is 312 g/mol. The van der Waals surface area contributed by atoms with Gasteiger partial charge in [0.2, 0.25) is 0 Å². The average Bonchev–Trinajstić information content (AvgIpc) is 2.91. The molecule has 0 spiro atoms. The maximum absolute atomic E-state index is 12.6. The van der Waals surface area contributed by atoms with Crippen molar-refractivity contribution in [2.75, 3.05) is 0 Å². The van der Waals surface area contributed by atoms with Gasteiger partial charge in [0.25, 0.3) is 5.56 Å². The van der Waals surface area contributed by atoms with Crippen LogP contribution < -0.4 is 11.2 Å². The molecule has 2 aromatic heterocycles. The molecule has 0 fully saturated rings. The number of imidazole rings is 1. The van der Waals surface area contributed by atoms with Gasteiger partial charge in [0.05, 0.1) is 0 Å². The first-order valence-corrected chi connectivity index (χ1v) is 7.73. The van der Waals surface area contributed by atoms with Gasteiger partial charge in [0, 0.05) is 27.1 Å². The SMILES string of the molecule is CCCn1c(Cc2ccccc2)nc2c1c(=O)n(C)c(=O)n2C. The van der Waals surface area contributed by atoms with E-state index < -0.39 is 0 Å². The molecule has 2 heterocycles. The van der Waals surface area contributed by atoms with E-state index in [-0.39, 0.29) is 11.2 Å². The van der Waals surface area contributed by atoms with Crippen LogP contribution >= 0.6 is 0 Å². The standard InChI is InChI=1S/C17H20N4O2/c1-4-10-21-13(11-12-8-6-5-7-9-12)18-15-14(21)16(22)20(3)17(23)19(15)2/h5-9H,4,10-11H2,1-3H3. The second-order valence-electron chi connectivity index (χ2n) is 5.72. The Morgan fingerprint density at radius 1 is 1.04 bits per heavy atom. The van der Waals surface area contributed by atoms with E-state index in [9.17, 15) is 9.59 Å². The summed E-state index contributed by atoms with van der Waals surface area (Å²) in [4.78, 5) is 29.3. The van der Waals surface area contributed by atoms with Gasteiger partial charge < -0.3 is 4.57 Å². The number of aromatic nitrogens is 4. The molecule has 6 nitrogen and oxygen atoms in total. The number of nitrogens with zero attached hydrogens (tertiary/aromatic N) is 4. The molecule has 0 aliphatic rings. The quantitative estimate of drug-likeness (QED) is 0.732. The Labute approximate surface area is 133 Å². The lowest BCUT2D eigenvalue weighted by atomic mass is 10.1. The highest BCUT2D eigenvalue weighted by molar-refractivity contribution is 5.71. The van der Waals surface area contributed by atoms with Crippen molar-refractivity contribution in [3.63, 3.8) is 0 Å². The number of hydrogen-bond acceptors (Lipinski definition) is 3. The smallest absolute Gasteiger partial charge is 0.322 e. The molecule has 0 atom stereocenters. The van der Waals surface area contributed by atoms with E-state index in [1.807, 2.05) is 34.9 Å². The third-order valence-corrected chi connectivity index (χ3v) is 4.08. The van der Waals surface area contributed by atoms with Crippen LogP contribution in [-0.2, 0) is 27.1 Å². The van der Waals surface area contributed by atoms with E-state index in [2.05, 4.69) is 11.9 Å². The van der Waals surface area contributed by atoms with Gasteiger partial charge >= 0.3 is 5.69 Å². The monoisotopic (exact) mass is 312 g/mol. The van der Waals surface area contributed by atoms with Gasteiger partial charge in [0.1, 0.15) is 5.82 Å². The summed E-state index contributed by atoms with van der Waals surface area (Å²) in [6.07, 6.45) is 1.52. The molecule has 0 bridgehead atoms. The molecule has 0 saturated heterocycles. The van der Waals surface area contributed by atoms with E-state index >= 15 is 0 Å². The normalized spacial score (nSPS) is 11.3. The predicted molar refractivity (Wildman–Crippen MR) is 89.8 cm³/mol. The summed E-state index contributed by atoms with van der Waals surface area (Å²) in [5, 5.41) is 0. The molecule has 23 heavy (non-hydrogen) atoms. The van der Waals surface area contributed by atoms with Crippen molar-refractivity contribution in [1.29, 1.82) is 0 Å². The first-order valence-electron chi connectivity index (χ1n) is 7.73. The maximum Gasteiger partial charge on any atom is 0.332 e. The van der Waals surface area contributed by atoms with Crippen molar-refractivity contribution in [2.45, 2.75) is 26.3 Å². The zero-order chi connectivity index (χ0) is 16.6. The Bertz CT molecular complexity index is 964. The second-order valence-corrected chi connectivity index (χ2v) is 5.72. The van der Waals surface area contributed by atoms with Gasteiger partial charge in [-0.15, -0.1) is 0 Å². The molecule has 0 aliphatic carbocycles. The Kier molecular flexibility index (Phi) is 3.90. The van der Waals surface area contributed by atoms with Crippen LogP contribution in [0.4, 0.5) is 0 Å². The van der Waals surface area contributed by atoms with Crippen molar-refractivity contribution >= 4 is 11.2 Å². The molecule has 3 aromatic rings. The first kappa shape index (κ1) is 15.3. The molecule has 6 heteroatoms. The minimum Gasteiger partial charge on any atom is -0.322 e. The largest absolute Gasteiger partial charge is 0.332 e. The molecule has 0 saturated carbocycles. The number of aryl methyl sites for hydroxylation is 2. The molecular weight excluding hydrogens is 292 g/mol. The van der Waals surface area contributed by atoms with Gasteiger partial charge in [-0.3, -0.25) is 13.9 Å². The number of rotatable bonds is 4. The van der Waals surface area contributed by atoms with Crippen molar-refractivity contribution in [3.8, 4) is 0 Å². The summed E-state index contributed by atoms with van der Waals surface area (Å²) in [5.41, 5.74) is 1.44. The van der Waals surface area contributed by atoms with Gasteiger partial charge in [0.15, 0.2) is 11.2 Å². The lowest BCUT2D eigenvalue weighted by Crippen LogP contribution is -2.37. The maximum atomic E-state index is 12.6. The molecule has 0 N–H and O–H groups in total. The molecule has 0 aliphatic heterocycles. The highest BCUT2D eigenvalue weighted by atomic mass is 16.2. The van der Waals surface area contributed by atoms with Crippen LogP contribution in [0.5, 0.6) is 0 Å². The van der Waals surface area contributed by atoms with Crippen molar-refractivity contribution in [3.05, 3.63) is 62.6 Å². The van der Waals surface area contributed by atoms with Crippen molar-refractivity contribution < 1.29 is 0 Å². The summed E-state index contributed by atoms with van der Waals surface area (Å²) in [7, 11) is 3.16. The zero-order valence-corrected chi connectivity index (χ0v) is 13.6. The Morgan fingerprint density at radius 3 is 2.39 bits per heavy atom. The molecule has 0 radical (unpaired) electrons. The third kappa shape index (κ3) is 2.50. The fourth-order valence-corrected chi connectivity index (χ4v) is 2.87. The molecule has 3 rings (SSSR count). The van der Waals surface area contributed by atoms with Gasteiger partial charge in [-0.25, -0.2) is 9.78 Å². The van der Waals surface area contributed by atoms with Crippen LogP contribution in [0.3, 0.4) is 0 Å². The molecule has 0 amide bonds. The van der Waals surface area contributed by atoms with Crippen LogP contribution in [0.25, 0.3) is 11.2 Å². The number of hydrogen-bond donors (Lipinski definition) is 0. The summed E-state index contributed by atoms with van der Waals surface area (Å²) in [5.74, 6) is 0.811.